The molecular weight excluding hydrogens is 330 g/mol. The van der Waals surface area contributed by atoms with Crippen molar-refractivity contribution in [2.24, 2.45) is 0 Å². The molecule has 3 rings (SSSR count). The highest BCUT2D eigenvalue weighted by Crippen LogP contribution is 2.12. The number of nitriles is 1. The smallest absolute Gasteiger partial charge is 0.255 e. The predicted octanol–water partition coefficient (Wildman–Crippen LogP) is 3.33. The Balaban J connectivity index is 1.66. The fourth-order valence-corrected chi connectivity index (χ4v) is 2.32. The van der Waals surface area contributed by atoms with E-state index in [-0.39, 0.29) is 18.4 Å². The van der Waals surface area contributed by atoms with Crippen LogP contribution in [0.5, 0.6) is 0 Å². The summed E-state index contributed by atoms with van der Waals surface area (Å²) in [6.45, 7) is 0.271. The minimum Gasteiger partial charge on any atom is -0.467 e. The van der Waals surface area contributed by atoms with Crippen LogP contribution in [0.2, 0.25) is 0 Å². The number of nitrogens with one attached hydrogen (secondary N) is 2. The number of hydrogen-bond donors (Lipinski definition) is 2. The summed E-state index contributed by atoms with van der Waals surface area (Å²) >= 11 is 0. The van der Waals surface area contributed by atoms with Gasteiger partial charge in [0.2, 0.25) is 0 Å². The summed E-state index contributed by atoms with van der Waals surface area (Å²) in [6.07, 6.45) is 1.54. The largest absolute Gasteiger partial charge is 0.467 e. The fourth-order valence-electron chi connectivity index (χ4n) is 2.32. The maximum absolute atomic E-state index is 12.4. The lowest BCUT2D eigenvalue weighted by Gasteiger charge is -2.07. The summed E-state index contributed by atoms with van der Waals surface area (Å²) in [4.78, 5) is 24.6. The van der Waals surface area contributed by atoms with E-state index in [2.05, 4.69) is 10.6 Å². The molecule has 128 valence electrons. The molecule has 0 fully saturated rings. The molecule has 0 radical (unpaired) electrons. The molecule has 0 aliphatic heterocycles. The Morgan fingerprint density at radius 3 is 2.35 bits per heavy atom. The number of carbonyl (C=O) groups is 2. The van der Waals surface area contributed by atoms with Crippen LogP contribution >= 0.6 is 0 Å². The molecule has 0 aliphatic carbocycles. The molecule has 0 aliphatic rings. The molecule has 0 atom stereocenters. The van der Waals surface area contributed by atoms with E-state index in [9.17, 15) is 9.59 Å². The first-order valence-electron chi connectivity index (χ1n) is 7.88. The Labute approximate surface area is 150 Å². The van der Waals surface area contributed by atoms with Gasteiger partial charge in [-0.1, -0.05) is 6.07 Å². The van der Waals surface area contributed by atoms with Crippen LogP contribution in [0.15, 0.2) is 71.3 Å². The fraction of sp³-hybridized carbons (Fsp3) is 0.0500. The SMILES string of the molecule is N#Cc1ccc(NC(=O)c2cccc(C(=O)NCc3ccco3)c2)cc1. The maximum Gasteiger partial charge on any atom is 0.255 e. The number of anilines is 1. The summed E-state index contributed by atoms with van der Waals surface area (Å²) < 4.78 is 5.17. The molecule has 0 unspecified atom stereocenters. The number of benzene rings is 2. The van der Waals surface area contributed by atoms with Gasteiger partial charge in [-0.3, -0.25) is 9.59 Å². The van der Waals surface area contributed by atoms with Crippen molar-refractivity contribution in [2.45, 2.75) is 6.54 Å². The third-order valence-corrected chi connectivity index (χ3v) is 3.66. The predicted molar refractivity (Wildman–Crippen MR) is 95.4 cm³/mol. The highest BCUT2D eigenvalue weighted by molar-refractivity contribution is 6.06. The van der Waals surface area contributed by atoms with E-state index in [0.717, 1.165) is 0 Å². The van der Waals surface area contributed by atoms with Crippen molar-refractivity contribution in [1.29, 1.82) is 5.26 Å². The summed E-state index contributed by atoms with van der Waals surface area (Å²) in [6, 6.07) is 18.5. The van der Waals surface area contributed by atoms with Gasteiger partial charge in [-0.15, -0.1) is 0 Å². The molecule has 0 spiro atoms. The third kappa shape index (κ3) is 4.16. The lowest BCUT2D eigenvalue weighted by atomic mass is 10.1. The third-order valence-electron chi connectivity index (χ3n) is 3.66. The molecule has 2 aromatic carbocycles. The molecule has 2 amide bonds. The summed E-state index contributed by atoms with van der Waals surface area (Å²) in [5.74, 6) is 0.0119. The van der Waals surface area contributed by atoms with E-state index in [0.29, 0.717) is 28.1 Å². The average Bonchev–Trinajstić information content (AvgIpc) is 3.20. The van der Waals surface area contributed by atoms with Gasteiger partial charge in [0.15, 0.2) is 0 Å². The quantitative estimate of drug-likeness (QED) is 0.741. The van der Waals surface area contributed by atoms with Crippen molar-refractivity contribution in [3.05, 3.63) is 89.4 Å². The monoisotopic (exact) mass is 345 g/mol. The zero-order valence-corrected chi connectivity index (χ0v) is 13.7. The van der Waals surface area contributed by atoms with E-state index in [4.69, 9.17) is 9.68 Å². The number of carbonyl (C=O) groups excluding carboxylic acids is 2. The standard InChI is InChI=1S/C20H15N3O3/c21-12-14-6-8-17(9-7-14)23-20(25)16-4-1-3-15(11-16)19(24)22-13-18-5-2-10-26-18/h1-11H,13H2,(H,22,24)(H,23,25). The van der Waals surface area contributed by atoms with Crippen LogP contribution in [0.3, 0.4) is 0 Å². The van der Waals surface area contributed by atoms with Gasteiger partial charge in [0.05, 0.1) is 24.4 Å². The van der Waals surface area contributed by atoms with Crippen molar-refractivity contribution in [2.75, 3.05) is 5.32 Å². The second kappa shape index (κ2) is 7.81. The summed E-state index contributed by atoms with van der Waals surface area (Å²) in [5, 5.41) is 14.3. The van der Waals surface area contributed by atoms with Crippen LogP contribution in [-0.2, 0) is 6.54 Å². The number of hydrogen-bond acceptors (Lipinski definition) is 4. The molecular formula is C20H15N3O3. The van der Waals surface area contributed by atoms with Gasteiger partial charge in [0.1, 0.15) is 5.76 Å². The number of rotatable bonds is 5. The molecule has 1 heterocycles. The van der Waals surface area contributed by atoms with E-state index in [1.807, 2.05) is 6.07 Å². The van der Waals surface area contributed by atoms with Crippen LogP contribution in [0.25, 0.3) is 0 Å². The minimum atomic E-state index is -0.338. The van der Waals surface area contributed by atoms with Crippen LogP contribution < -0.4 is 10.6 Å². The zero-order valence-electron chi connectivity index (χ0n) is 13.7. The first kappa shape index (κ1) is 17.0. The van der Waals surface area contributed by atoms with E-state index >= 15 is 0 Å². The van der Waals surface area contributed by atoms with Gasteiger partial charge in [-0.2, -0.15) is 5.26 Å². The maximum atomic E-state index is 12.4. The second-order valence-electron chi connectivity index (χ2n) is 5.49. The molecule has 6 heteroatoms. The Hall–Kier alpha value is -3.85. The Bertz CT molecular complexity index is 955. The van der Waals surface area contributed by atoms with Gasteiger partial charge in [0.25, 0.3) is 11.8 Å². The van der Waals surface area contributed by atoms with Crippen LogP contribution in [-0.4, -0.2) is 11.8 Å². The van der Waals surface area contributed by atoms with Crippen LogP contribution in [0.1, 0.15) is 32.0 Å². The Morgan fingerprint density at radius 1 is 0.962 bits per heavy atom. The van der Waals surface area contributed by atoms with Crippen LogP contribution in [0.4, 0.5) is 5.69 Å². The van der Waals surface area contributed by atoms with Gasteiger partial charge >= 0.3 is 0 Å². The topological polar surface area (TPSA) is 95.1 Å². The highest BCUT2D eigenvalue weighted by Gasteiger charge is 2.11. The molecule has 1 aromatic heterocycles. The molecule has 2 N–H and O–H groups in total. The first-order valence-corrected chi connectivity index (χ1v) is 7.88. The first-order chi connectivity index (χ1) is 12.7. The van der Waals surface area contributed by atoms with Gasteiger partial charge in [-0.05, 0) is 54.6 Å². The van der Waals surface area contributed by atoms with Gasteiger partial charge < -0.3 is 15.1 Å². The lowest BCUT2D eigenvalue weighted by Crippen LogP contribution is -2.23. The van der Waals surface area contributed by atoms with Crippen molar-refractivity contribution >= 4 is 17.5 Å². The van der Waals surface area contributed by atoms with Gasteiger partial charge in [-0.25, -0.2) is 0 Å². The normalized spacial score (nSPS) is 9.96. The molecule has 0 saturated heterocycles. The summed E-state index contributed by atoms with van der Waals surface area (Å²) in [7, 11) is 0. The van der Waals surface area contributed by atoms with Gasteiger partial charge in [0, 0.05) is 16.8 Å². The van der Waals surface area contributed by atoms with E-state index < -0.39 is 0 Å². The number of nitrogens with zero attached hydrogens (tertiary/aromatic N) is 1. The molecule has 0 bridgehead atoms. The van der Waals surface area contributed by atoms with Crippen molar-refractivity contribution in [3.63, 3.8) is 0 Å². The highest BCUT2D eigenvalue weighted by atomic mass is 16.3. The lowest BCUT2D eigenvalue weighted by molar-refractivity contribution is 0.0948. The molecule has 6 nitrogen and oxygen atoms in total. The Kier molecular flexibility index (Phi) is 5.11. The van der Waals surface area contributed by atoms with Crippen molar-refractivity contribution in [3.8, 4) is 6.07 Å². The molecule has 26 heavy (non-hydrogen) atoms. The Morgan fingerprint density at radius 2 is 1.69 bits per heavy atom. The van der Waals surface area contributed by atoms with Crippen LogP contribution in [0, 0.1) is 11.3 Å². The van der Waals surface area contributed by atoms with Crippen molar-refractivity contribution < 1.29 is 14.0 Å². The number of amides is 2. The van der Waals surface area contributed by atoms with Crippen molar-refractivity contribution in [1.82, 2.24) is 5.32 Å². The zero-order chi connectivity index (χ0) is 18.4. The number of furan rings is 1. The molecule has 3 aromatic rings. The van der Waals surface area contributed by atoms with E-state index in [1.54, 1.807) is 54.6 Å². The minimum absolute atomic E-state index is 0.271. The second-order valence-corrected chi connectivity index (χ2v) is 5.49. The summed E-state index contributed by atoms with van der Waals surface area (Å²) in [5.41, 5.74) is 1.82. The molecule has 0 saturated carbocycles. The van der Waals surface area contributed by atoms with E-state index in [1.165, 1.54) is 12.3 Å². The average molecular weight is 345 g/mol.